The summed E-state index contributed by atoms with van der Waals surface area (Å²) >= 11 is 1.50. The van der Waals surface area contributed by atoms with Crippen LogP contribution >= 0.6 is 11.8 Å². The number of methoxy groups -OCH3 is 1. The van der Waals surface area contributed by atoms with Gasteiger partial charge < -0.3 is 4.74 Å². The van der Waals surface area contributed by atoms with Crippen molar-refractivity contribution in [2.45, 2.75) is 29.6 Å². The smallest absolute Gasteiger partial charge is 0.261 e. The molecular formula is C17H21NO3S2. The highest BCUT2D eigenvalue weighted by atomic mass is 32.2. The number of ether oxygens (including phenoxy) is 1. The zero-order valence-electron chi connectivity index (χ0n) is 13.7. The molecule has 0 aromatic heterocycles. The molecule has 0 fully saturated rings. The molecule has 23 heavy (non-hydrogen) atoms. The lowest BCUT2D eigenvalue weighted by Crippen LogP contribution is -2.14. The minimum atomic E-state index is -3.65. The average Bonchev–Trinajstić information content (AvgIpc) is 2.54. The van der Waals surface area contributed by atoms with Crippen LogP contribution in [0.1, 0.15) is 25.3 Å². The van der Waals surface area contributed by atoms with Crippen LogP contribution in [-0.4, -0.2) is 21.8 Å². The zero-order chi connectivity index (χ0) is 17.0. The first-order chi connectivity index (χ1) is 10.9. The van der Waals surface area contributed by atoms with E-state index in [1.807, 2.05) is 38.3 Å². The van der Waals surface area contributed by atoms with E-state index in [0.29, 0.717) is 11.4 Å². The molecule has 0 saturated carbocycles. The van der Waals surface area contributed by atoms with Crippen LogP contribution in [0.25, 0.3) is 0 Å². The Balaban J connectivity index is 2.42. The van der Waals surface area contributed by atoms with E-state index in [1.54, 1.807) is 31.4 Å². The maximum absolute atomic E-state index is 12.7. The van der Waals surface area contributed by atoms with Gasteiger partial charge in [0.1, 0.15) is 5.75 Å². The Kier molecular flexibility index (Phi) is 5.59. The molecule has 0 spiro atoms. The van der Waals surface area contributed by atoms with Crippen molar-refractivity contribution < 1.29 is 13.2 Å². The molecular weight excluding hydrogens is 330 g/mol. The van der Waals surface area contributed by atoms with Gasteiger partial charge in [0.15, 0.2) is 0 Å². The summed E-state index contributed by atoms with van der Waals surface area (Å²) in [5.74, 6) is 0.863. The van der Waals surface area contributed by atoms with E-state index in [2.05, 4.69) is 4.72 Å². The van der Waals surface area contributed by atoms with Crippen LogP contribution in [0, 0.1) is 0 Å². The van der Waals surface area contributed by atoms with E-state index in [9.17, 15) is 8.42 Å². The number of hydrogen-bond acceptors (Lipinski definition) is 4. The molecule has 0 amide bonds. The number of para-hydroxylation sites is 1. The molecule has 4 nitrogen and oxygen atoms in total. The molecule has 0 aliphatic heterocycles. The second kappa shape index (κ2) is 7.27. The van der Waals surface area contributed by atoms with Gasteiger partial charge in [0.05, 0.1) is 17.7 Å². The second-order valence-corrected chi connectivity index (χ2v) is 7.89. The Morgan fingerprint density at radius 2 is 1.83 bits per heavy atom. The van der Waals surface area contributed by atoms with Gasteiger partial charge in [0.25, 0.3) is 10.0 Å². The van der Waals surface area contributed by atoms with E-state index in [-0.39, 0.29) is 10.8 Å². The number of benzene rings is 2. The fourth-order valence-electron chi connectivity index (χ4n) is 2.26. The Hall–Kier alpha value is -1.66. The van der Waals surface area contributed by atoms with Gasteiger partial charge in [-0.1, -0.05) is 26.0 Å². The molecule has 0 atom stereocenters. The maximum Gasteiger partial charge on any atom is 0.261 e. The predicted molar refractivity (Wildman–Crippen MR) is 96.1 cm³/mol. The summed E-state index contributed by atoms with van der Waals surface area (Å²) in [5.41, 5.74) is 1.45. The molecule has 0 unspecified atom stereocenters. The number of thioether (sulfide) groups is 1. The average molecular weight is 351 g/mol. The highest BCUT2D eigenvalue weighted by Gasteiger charge is 2.19. The van der Waals surface area contributed by atoms with Crippen LogP contribution in [0.4, 0.5) is 5.69 Å². The van der Waals surface area contributed by atoms with Gasteiger partial charge in [-0.15, -0.1) is 11.8 Å². The van der Waals surface area contributed by atoms with Crippen LogP contribution in [0.3, 0.4) is 0 Å². The Morgan fingerprint density at radius 1 is 1.13 bits per heavy atom. The van der Waals surface area contributed by atoms with Gasteiger partial charge in [-0.2, -0.15) is 0 Å². The van der Waals surface area contributed by atoms with Gasteiger partial charge >= 0.3 is 0 Å². The fourth-order valence-corrected chi connectivity index (χ4v) is 4.00. The normalized spacial score (nSPS) is 11.5. The molecule has 6 heteroatoms. The van der Waals surface area contributed by atoms with E-state index < -0.39 is 10.0 Å². The van der Waals surface area contributed by atoms with Crippen molar-refractivity contribution in [3.05, 3.63) is 48.0 Å². The molecule has 0 aliphatic carbocycles. The third-order valence-corrected chi connectivity index (χ3v) is 5.64. The SMILES string of the molecule is COc1ccc(S(=O)(=O)Nc2ccccc2SC)cc1C(C)C. The standard InChI is InChI=1S/C17H21NO3S2/c1-12(2)14-11-13(9-10-16(14)21-3)23(19,20)18-15-7-5-6-8-17(15)22-4/h5-12,18H,1-4H3. The minimum absolute atomic E-state index is 0.165. The summed E-state index contributed by atoms with van der Waals surface area (Å²) in [7, 11) is -2.06. The molecule has 2 rings (SSSR count). The second-order valence-electron chi connectivity index (χ2n) is 5.36. The van der Waals surface area contributed by atoms with Crippen molar-refractivity contribution in [1.29, 1.82) is 0 Å². The highest BCUT2D eigenvalue weighted by molar-refractivity contribution is 7.99. The van der Waals surface area contributed by atoms with Gasteiger partial charge in [-0.25, -0.2) is 8.42 Å². The monoisotopic (exact) mass is 351 g/mol. The number of anilines is 1. The number of hydrogen-bond donors (Lipinski definition) is 1. The lowest BCUT2D eigenvalue weighted by molar-refractivity contribution is 0.407. The summed E-state index contributed by atoms with van der Waals surface area (Å²) in [6, 6.07) is 12.3. The molecule has 0 aliphatic rings. The summed E-state index contributed by atoms with van der Waals surface area (Å²) < 4.78 is 33.3. The quantitative estimate of drug-likeness (QED) is 0.787. The molecule has 2 aromatic carbocycles. The van der Waals surface area contributed by atoms with Gasteiger partial charge in [-0.3, -0.25) is 4.72 Å². The number of nitrogens with one attached hydrogen (secondary N) is 1. The van der Waals surface area contributed by atoms with Crippen LogP contribution < -0.4 is 9.46 Å². The first-order valence-electron chi connectivity index (χ1n) is 7.23. The minimum Gasteiger partial charge on any atom is -0.496 e. The Labute approximate surface area is 142 Å². The summed E-state index contributed by atoms with van der Waals surface area (Å²) in [6.45, 7) is 4.01. The summed E-state index contributed by atoms with van der Waals surface area (Å²) in [6.07, 6.45) is 1.91. The largest absolute Gasteiger partial charge is 0.496 e. The third-order valence-electron chi connectivity index (χ3n) is 3.48. The van der Waals surface area contributed by atoms with Gasteiger partial charge in [0.2, 0.25) is 0 Å². The highest BCUT2D eigenvalue weighted by Crippen LogP contribution is 2.31. The molecule has 0 bridgehead atoms. The van der Waals surface area contributed by atoms with Crippen molar-refractivity contribution in [2.24, 2.45) is 0 Å². The van der Waals surface area contributed by atoms with E-state index in [0.717, 1.165) is 10.5 Å². The van der Waals surface area contributed by atoms with E-state index in [4.69, 9.17) is 4.74 Å². The molecule has 1 N–H and O–H groups in total. The molecule has 0 saturated heterocycles. The fraction of sp³-hybridized carbons (Fsp3) is 0.294. The van der Waals surface area contributed by atoms with E-state index >= 15 is 0 Å². The number of sulfonamides is 1. The molecule has 0 heterocycles. The van der Waals surface area contributed by atoms with E-state index in [1.165, 1.54) is 11.8 Å². The van der Waals surface area contributed by atoms with Crippen LogP contribution in [0.15, 0.2) is 52.3 Å². The Bertz CT molecular complexity index is 786. The van der Waals surface area contributed by atoms with Crippen molar-refractivity contribution in [3.63, 3.8) is 0 Å². The first-order valence-corrected chi connectivity index (χ1v) is 9.93. The summed E-state index contributed by atoms with van der Waals surface area (Å²) in [4.78, 5) is 1.12. The van der Waals surface area contributed by atoms with Crippen LogP contribution in [-0.2, 0) is 10.0 Å². The Morgan fingerprint density at radius 3 is 2.43 bits per heavy atom. The lowest BCUT2D eigenvalue weighted by Gasteiger charge is -2.15. The van der Waals surface area contributed by atoms with Crippen molar-refractivity contribution in [3.8, 4) is 5.75 Å². The van der Waals surface area contributed by atoms with Crippen molar-refractivity contribution >= 4 is 27.5 Å². The van der Waals surface area contributed by atoms with Crippen LogP contribution in [0.5, 0.6) is 5.75 Å². The molecule has 2 aromatic rings. The molecule has 0 radical (unpaired) electrons. The van der Waals surface area contributed by atoms with Gasteiger partial charge in [0, 0.05) is 4.90 Å². The zero-order valence-corrected chi connectivity index (χ0v) is 15.3. The first kappa shape index (κ1) is 17.7. The maximum atomic E-state index is 12.7. The lowest BCUT2D eigenvalue weighted by atomic mass is 10.0. The topological polar surface area (TPSA) is 55.4 Å². The number of rotatable bonds is 6. The van der Waals surface area contributed by atoms with Crippen molar-refractivity contribution in [2.75, 3.05) is 18.1 Å². The van der Waals surface area contributed by atoms with Crippen LogP contribution in [0.2, 0.25) is 0 Å². The van der Waals surface area contributed by atoms with Crippen molar-refractivity contribution in [1.82, 2.24) is 0 Å². The van der Waals surface area contributed by atoms with Gasteiger partial charge in [-0.05, 0) is 48.1 Å². The summed E-state index contributed by atoms with van der Waals surface area (Å²) in [5, 5.41) is 0. The third kappa shape index (κ3) is 4.00. The molecule has 124 valence electrons. The predicted octanol–water partition coefficient (Wildman–Crippen LogP) is 4.34.